The van der Waals surface area contributed by atoms with Crippen molar-refractivity contribution in [1.29, 1.82) is 0 Å². The molecule has 0 spiro atoms. The van der Waals surface area contributed by atoms with Crippen LogP contribution in [-0.4, -0.2) is 82.9 Å². The summed E-state index contributed by atoms with van der Waals surface area (Å²) in [6, 6.07) is 9.26. The SMILES string of the molecule is COC(=O)C1=NN(c2ccccc2S(=O)(=O)O)C(=O)/C1=C/C=C(/C=C/c1c(C(C)=O)nn(-c2cccc(S(=O)(=O)O)c2)c1[O-])N1C(=O)CCC1=O. The summed E-state index contributed by atoms with van der Waals surface area (Å²) in [6.45, 7) is 1.10. The Morgan fingerprint density at radius 2 is 1.63 bits per heavy atom. The van der Waals surface area contributed by atoms with Crippen molar-refractivity contribution in [3.05, 3.63) is 89.3 Å². The lowest BCUT2D eigenvalue weighted by Gasteiger charge is -2.16. The highest BCUT2D eigenvalue weighted by molar-refractivity contribution is 7.86. The third-order valence-corrected chi connectivity index (χ3v) is 9.10. The minimum atomic E-state index is -4.87. The first-order valence-corrected chi connectivity index (χ1v) is 17.2. The van der Waals surface area contributed by atoms with E-state index in [1.807, 2.05) is 0 Å². The van der Waals surface area contributed by atoms with E-state index in [1.165, 1.54) is 24.3 Å². The molecule has 1 aromatic heterocycles. The average Bonchev–Trinajstić information content (AvgIpc) is 3.71. The van der Waals surface area contributed by atoms with Crippen LogP contribution in [0.3, 0.4) is 0 Å². The molecule has 2 aliphatic heterocycles. The van der Waals surface area contributed by atoms with E-state index in [0.29, 0.717) is 9.69 Å². The standard InChI is InChI=1S/C31H25N5O13S2/c1-17(37)27-21(29(40)35(32-27)19-6-5-7-20(16-19)50(43,44)45)12-10-18(34-25(38)14-15-26(34)39)11-13-22-28(31(42)49-2)33-36(30(22)41)23-8-3-4-9-24(23)51(46,47)48/h3-13,16,40H,14-15H2,1-2H3,(H,43,44,45)(H,46,47,48)/p-1/b12-10+,18-11-,22-13+. The van der Waals surface area contributed by atoms with Crippen LogP contribution in [0.25, 0.3) is 11.8 Å². The molecular formula is C31H24N5O13S2-. The van der Waals surface area contributed by atoms with Crippen LogP contribution in [0.4, 0.5) is 5.69 Å². The number of nitrogens with zero attached hydrogens (tertiary/aromatic N) is 5. The number of methoxy groups -OCH3 is 1. The molecular weight excluding hydrogens is 714 g/mol. The molecule has 0 aliphatic carbocycles. The molecule has 0 unspecified atom stereocenters. The van der Waals surface area contributed by atoms with Crippen molar-refractivity contribution in [1.82, 2.24) is 14.7 Å². The minimum absolute atomic E-state index is 0.128. The third kappa shape index (κ3) is 7.14. The van der Waals surface area contributed by atoms with Crippen molar-refractivity contribution in [2.75, 3.05) is 12.1 Å². The van der Waals surface area contributed by atoms with Gasteiger partial charge in [-0.1, -0.05) is 18.2 Å². The molecule has 0 saturated carbocycles. The number of allylic oxidation sites excluding steroid dienone is 3. The van der Waals surface area contributed by atoms with Gasteiger partial charge in [0.25, 0.3) is 26.1 Å². The van der Waals surface area contributed by atoms with Gasteiger partial charge in [0.05, 0.1) is 34.7 Å². The van der Waals surface area contributed by atoms with Crippen LogP contribution < -0.4 is 10.1 Å². The van der Waals surface area contributed by atoms with Crippen molar-refractivity contribution in [3.8, 4) is 11.6 Å². The molecule has 3 amide bonds. The Morgan fingerprint density at radius 3 is 2.24 bits per heavy atom. The molecule has 264 valence electrons. The van der Waals surface area contributed by atoms with E-state index < -0.39 is 82.4 Å². The number of carbonyl (C=O) groups is 5. The maximum absolute atomic E-state index is 13.6. The number of para-hydroxylation sites is 1. The van der Waals surface area contributed by atoms with Gasteiger partial charge in [0.15, 0.2) is 11.5 Å². The van der Waals surface area contributed by atoms with E-state index >= 15 is 0 Å². The molecule has 5 rings (SSSR count). The van der Waals surface area contributed by atoms with Crippen LogP contribution >= 0.6 is 0 Å². The van der Waals surface area contributed by atoms with E-state index in [9.17, 15) is 55.0 Å². The second kappa shape index (κ2) is 13.7. The number of Topliss-reactive ketones (excluding diaryl/α,β-unsaturated/α-hetero) is 1. The summed E-state index contributed by atoms with van der Waals surface area (Å²) in [7, 11) is -8.56. The monoisotopic (exact) mass is 738 g/mol. The number of carbonyl (C=O) groups excluding carboxylic acids is 5. The molecule has 0 atom stereocenters. The van der Waals surface area contributed by atoms with Crippen LogP contribution in [-0.2, 0) is 44.2 Å². The van der Waals surface area contributed by atoms with Crippen molar-refractivity contribution >= 4 is 67.2 Å². The highest BCUT2D eigenvalue weighted by Gasteiger charge is 2.38. The Hall–Kier alpha value is -6.09. The molecule has 2 aromatic carbocycles. The number of imide groups is 1. The van der Waals surface area contributed by atoms with E-state index in [-0.39, 0.29) is 35.5 Å². The number of likely N-dealkylation sites (tertiary alicyclic amines) is 1. The van der Waals surface area contributed by atoms with Crippen LogP contribution in [0.2, 0.25) is 0 Å². The fourth-order valence-corrected chi connectivity index (χ4v) is 6.20. The van der Waals surface area contributed by atoms with Gasteiger partial charge in [0.1, 0.15) is 10.6 Å². The van der Waals surface area contributed by atoms with Crippen LogP contribution in [0.1, 0.15) is 35.8 Å². The maximum Gasteiger partial charge on any atom is 0.359 e. The van der Waals surface area contributed by atoms with Gasteiger partial charge < -0.3 is 9.84 Å². The molecule has 20 heteroatoms. The Morgan fingerprint density at radius 1 is 0.961 bits per heavy atom. The second-order valence-electron chi connectivity index (χ2n) is 10.6. The first-order chi connectivity index (χ1) is 23.9. The van der Waals surface area contributed by atoms with E-state index in [2.05, 4.69) is 10.2 Å². The van der Waals surface area contributed by atoms with Gasteiger partial charge in [-0.2, -0.15) is 32.0 Å². The highest BCUT2D eigenvalue weighted by Crippen LogP contribution is 2.31. The summed E-state index contributed by atoms with van der Waals surface area (Å²) in [5, 5.41) is 21.9. The Balaban J connectivity index is 1.64. The van der Waals surface area contributed by atoms with Gasteiger partial charge in [-0.25, -0.2) is 9.48 Å². The molecule has 18 nitrogen and oxygen atoms in total. The number of hydrogen-bond acceptors (Lipinski definition) is 13. The van der Waals surface area contributed by atoms with E-state index in [4.69, 9.17) is 4.74 Å². The van der Waals surface area contributed by atoms with Crippen molar-refractivity contribution < 1.29 is 59.8 Å². The molecule has 1 fully saturated rings. The average molecular weight is 739 g/mol. The van der Waals surface area contributed by atoms with Crippen molar-refractivity contribution in [2.45, 2.75) is 29.6 Å². The van der Waals surface area contributed by atoms with E-state index in [0.717, 1.165) is 67.5 Å². The second-order valence-corrected chi connectivity index (χ2v) is 13.4. The van der Waals surface area contributed by atoms with Crippen LogP contribution in [0.5, 0.6) is 5.88 Å². The number of hydrogen-bond donors (Lipinski definition) is 2. The van der Waals surface area contributed by atoms with Crippen LogP contribution in [0.15, 0.2) is 92.9 Å². The summed E-state index contributed by atoms with van der Waals surface area (Å²) in [5.74, 6) is -5.18. The van der Waals surface area contributed by atoms with Gasteiger partial charge in [-0.3, -0.25) is 33.2 Å². The highest BCUT2D eigenvalue weighted by atomic mass is 32.2. The Bertz CT molecular complexity index is 2370. The summed E-state index contributed by atoms with van der Waals surface area (Å²) in [6.07, 6.45) is 3.80. The number of rotatable bonds is 10. The third-order valence-electron chi connectivity index (χ3n) is 7.35. The number of ether oxygens (including phenoxy) is 1. The zero-order valence-electron chi connectivity index (χ0n) is 26.3. The number of aromatic nitrogens is 2. The van der Waals surface area contributed by atoms with Gasteiger partial charge in [-0.15, -0.1) is 0 Å². The molecule has 0 radical (unpaired) electrons. The lowest BCUT2D eigenvalue weighted by Crippen LogP contribution is -2.27. The zero-order chi connectivity index (χ0) is 37.4. The number of anilines is 1. The summed E-state index contributed by atoms with van der Waals surface area (Å²) in [5.41, 5.74) is -2.62. The molecule has 2 N–H and O–H groups in total. The van der Waals surface area contributed by atoms with Crippen LogP contribution in [0, 0.1) is 0 Å². The lowest BCUT2D eigenvalue weighted by atomic mass is 10.1. The predicted octanol–water partition coefficient (Wildman–Crippen LogP) is 1.19. The number of ketones is 1. The maximum atomic E-state index is 13.6. The molecule has 0 bridgehead atoms. The van der Waals surface area contributed by atoms with E-state index in [1.54, 1.807) is 0 Å². The van der Waals surface area contributed by atoms with Crippen molar-refractivity contribution in [3.63, 3.8) is 0 Å². The number of esters is 1. The molecule has 1 saturated heterocycles. The Labute approximate surface area is 288 Å². The van der Waals surface area contributed by atoms with Gasteiger partial charge >= 0.3 is 5.97 Å². The van der Waals surface area contributed by atoms with Crippen molar-refractivity contribution in [2.24, 2.45) is 5.10 Å². The number of benzene rings is 2. The first kappa shape index (κ1) is 36.2. The Kier molecular flexibility index (Phi) is 9.70. The molecule has 51 heavy (non-hydrogen) atoms. The quantitative estimate of drug-likeness (QED) is 0.0739. The van der Waals surface area contributed by atoms with Gasteiger partial charge in [0.2, 0.25) is 11.8 Å². The molecule has 3 heterocycles. The summed E-state index contributed by atoms with van der Waals surface area (Å²) in [4.78, 5) is 63.8. The normalized spacial score (nSPS) is 16.5. The summed E-state index contributed by atoms with van der Waals surface area (Å²) >= 11 is 0. The minimum Gasteiger partial charge on any atom is -0.858 e. The predicted molar refractivity (Wildman–Crippen MR) is 172 cm³/mol. The van der Waals surface area contributed by atoms with Gasteiger partial charge in [0, 0.05) is 25.3 Å². The van der Waals surface area contributed by atoms with Gasteiger partial charge in [-0.05, 0) is 60.5 Å². The molecule has 2 aliphatic rings. The summed E-state index contributed by atoms with van der Waals surface area (Å²) < 4.78 is 71.9. The largest absolute Gasteiger partial charge is 0.858 e. The smallest absolute Gasteiger partial charge is 0.359 e. The lowest BCUT2D eigenvalue weighted by molar-refractivity contribution is -0.278. The topological polar surface area (TPSA) is 263 Å². The fourth-order valence-electron chi connectivity index (χ4n) is 5.01. The first-order valence-electron chi connectivity index (χ1n) is 14.4. The number of amides is 3. The molecule has 3 aromatic rings. The zero-order valence-corrected chi connectivity index (χ0v) is 27.9. The number of hydrazone groups is 1. The fraction of sp³-hybridized carbons (Fsp3) is 0.129.